The highest BCUT2D eigenvalue weighted by Crippen LogP contribution is 2.34. The molecular weight excluding hydrogens is 558 g/mol. The summed E-state index contributed by atoms with van der Waals surface area (Å²) in [6.07, 6.45) is -6.70. The van der Waals surface area contributed by atoms with E-state index in [4.69, 9.17) is 19.8 Å². The molecular formula is C23H18F6N4O5S. The SMILES string of the molecule is Cn1nc(NCc2ccccc2)c2scc(-c3ccncc3)c2c1=O.O=C(O)C(F)(F)F.O=C(O)C(F)(F)F. The van der Waals surface area contributed by atoms with Gasteiger partial charge in [0.15, 0.2) is 5.82 Å². The number of nitrogens with zero attached hydrogens (tertiary/aromatic N) is 3. The summed E-state index contributed by atoms with van der Waals surface area (Å²) in [5, 5.41) is 24.7. The van der Waals surface area contributed by atoms with Gasteiger partial charge in [0.05, 0.1) is 10.1 Å². The number of carboxylic acid groups (broad SMARTS) is 2. The van der Waals surface area contributed by atoms with E-state index in [9.17, 15) is 31.1 Å². The van der Waals surface area contributed by atoms with Gasteiger partial charge in [-0.25, -0.2) is 14.3 Å². The molecule has 39 heavy (non-hydrogen) atoms. The molecule has 16 heteroatoms. The standard InChI is InChI=1S/C19H16N4OS.2C2HF3O2/c1-23-19(24)16-15(14-7-9-20-10-8-14)12-25-17(16)18(22-23)21-11-13-5-3-2-4-6-13;2*3-2(4,5)1(6)7/h2-10,12H,11H2,1H3,(H,21,22);2*(H,6,7). The Hall–Kier alpha value is -4.47. The Morgan fingerprint density at radius 3 is 1.95 bits per heavy atom. The van der Waals surface area contributed by atoms with Crippen LogP contribution in [0.25, 0.3) is 21.2 Å². The number of hydrogen-bond acceptors (Lipinski definition) is 7. The Kier molecular flexibility index (Phi) is 10.1. The molecule has 0 amide bonds. The molecule has 0 spiro atoms. The summed E-state index contributed by atoms with van der Waals surface area (Å²) >= 11 is 1.53. The third-order valence-electron chi connectivity index (χ3n) is 4.54. The van der Waals surface area contributed by atoms with Gasteiger partial charge in [0, 0.05) is 36.9 Å². The molecule has 0 aliphatic rings. The monoisotopic (exact) mass is 576 g/mol. The Labute approximate surface area is 219 Å². The molecule has 208 valence electrons. The Bertz CT molecular complexity index is 1450. The first-order valence-electron chi connectivity index (χ1n) is 10.4. The van der Waals surface area contributed by atoms with E-state index in [0.717, 1.165) is 27.2 Å². The van der Waals surface area contributed by atoms with E-state index in [0.29, 0.717) is 11.9 Å². The van der Waals surface area contributed by atoms with Crippen LogP contribution in [0.2, 0.25) is 0 Å². The van der Waals surface area contributed by atoms with Gasteiger partial charge >= 0.3 is 24.3 Å². The molecule has 4 rings (SSSR count). The van der Waals surface area contributed by atoms with Gasteiger partial charge in [0.2, 0.25) is 0 Å². The maximum atomic E-state index is 12.7. The number of halogens is 6. The number of aliphatic carboxylic acids is 2. The molecule has 3 N–H and O–H groups in total. The number of pyridine rings is 1. The lowest BCUT2D eigenvalue weighted by Gasteiger charge is -2.09. The molecule has 3 heterocycles. The summed E-state index contributed by atoms with van der Waals surface area (Å²) in [6, 6.07) is 14.0. The molecule has 0 fully saturated rings. The maximum absolute atomic E-state index is 12.7. The molecule has 0 saturated heterocycles. The number of alkyl halides is 6. The summed E-state index contributed by atoms with van der Waals surface area (Å²) in [5.74, 6) is -4.79. The maximum Gasteiger partial charge on any atom is 0.490 e. The van der Waals surface area contributed by atoms with E-state index >= 15 is 0 Å². The van der Waals surface area contributed by atoms with E-state index < -0.39 is 24.3 Å². The largest absolute Gasteiger partial charge is 0.490 e. The topological polar surface area (TPSA) is 134 Å². The number of thiophene rings is 1. The van der Waals surface area contributed by atoms with E-state index in [1.807, 2.05) is 35.7 Å². The minimum Gasteiger partial charge on any atom is -0.475 e. The molecule has 0 atom stereocenters. The van der Waals surface area contributed by atoms with Crippen molar-refractivity contribution in [1.82, 2.24) is 14.8 Å². The van der Waals surface area contributed by atoms with Crippen LogP contribution in [0.3, 0.4) is 0 Å². The average molecular weight is 576 g/mol. The molecule has 1 aromatic carbocycles. The minimum absolute atomic E-state index is 0.0895. The molecule has 0 aliphatic carbocycles. The van der Waals surface area contributed by atoms with Gasteiger partial charge in [-0.3, -0.25) is 9.78 Å². The predicted octanol–water partition coefficient (Wildman–Crippen LogP) is 4.94. The zero-order chi connectivity index (χ0) is 29.4. The van der Waals surface area contributed by atoms with Crippen molar-refractivity contribution in [3.05, 3.63) is 76.2 Å². The number of hydrogen-bond donors (Lipinski definition) is 3. The first-order valence-corrected chi connectivity index (χ1v) is 11.3. The number of benzene rings is 1. The summed E-state index contributed by atoms with van der Waals surface area (Å²) in [5.41, 5.74) is 2.98. The van der Waals surface area contributed by atoms with Crippen LogP contribution in [-0.2, 0) is 23.2 Å². The quantitative estimate of drug-likeness (QED) is 0.291. The van der Waals surface area contributed by atoms with E-state index in [-0.39, 0.29) is 5.56 Å². The van der Waals surface area contributed by atoms with Crippen molar-refractivity contribution in [3.63, 3.8) is 0 Å². The molecule has 0 unspecified atom stereocenters. The van der Waals surface area contributed by atoms with Crippen molar-refractivity contribution in [1.29, 1.82) is 0 Å². The van der Waals surface area contributed by atoms with Crippen LogP contribution in [0, 0.1) is 0 Å². The third-order valence-corrected chi connectivity index (χ3v) is 5.53. The van der Waals surface area contributed by atoms with Crippen LogP contribution < -0.4 is 10.9 Å². The van der Waals surface area contributed by atoms with E-state index in [2.05, 4.69) is 27.5 Å². The Morgan fingerprint density at radius 1 is 0.949 bits per heavy atom. The van der Waals surface area contributed by atoms with E-state index in [1.54, 1.807) is 19.4 Å². The molecule has 3 aromatic heterocycles. The number of aromatic nitrogens is 3. The number of carbonyl (C=O) groups is 2. The van der Waals surface area contributed by atoms with Crippen LogP contribution in [0.5, 0.6) is 0 Å². The Balaban J connectivity index is 0.000000317. The highest BCUT2D eigenvalue weighted by atomic mass is 32.1. The average Bonchev–Trinajstić information content (AvgIpc) is 3.32. The smallest absolute Gasteiger partial charge is 0.475 e. The normalized spacial score (nSPS) is 11.1. The van der Waals surface area contributed by atoms with Gasteiger partial charge in [0.1, 0.15) is 0 Å². The van der Waals surface area contributed by atoms with Crippen LogP contribution in [-0.4, -0.2) is 49.3 Å². The summed E-state index contributed by atoms with van der Waals surface area (Å²) in [4.78, 5) is 34.5. The van der Waals surface area contributed by atoms with Gasteiger partial charge in [-0.2, -0.15) is 31.4 Å². The number of rotatable bonds is 4. The second-order valence-corrected chi connectivity index (χ2v) is 8.19. The summed E-state index contributed by atoms with van der Waals surface area (Å²) in [6.45, 7) is 0.656. The lowest BCUT2D eigenvalue weighted by Crippen LogP contribution is -2.21. The summed E-state index contributed by atoms with van der Waals surface area (Å²) in [7, 11) is 1.68. The fourth-order valence-corrected chi connectivity index (χ4v) is 3.82. The number of anilines is 1. The lowest BCUT2D eigenvalue weighted by molar-refractivity contribution is -0.193. The van der Waals surface area contributed by atoms with Crippen LogP contribution in [0.1, 0.15) is 5.56 Å². The summed E-state index contributed by atoms with van der Waals surface area (Å²) < 4.78 is 65.7. The number of carboxylic acids is 2. The van der Waals surface area contributed by atoms with Crippen molar-refractivity contribution in [2.24, 2.45) is 7.05 Å². The Morgan fingerprint density at radius 2 is 1.46 bits per heavy atom. The first kappa shape index (κ1) is 30.8. The molecule has 9 nitrogen and oxygen atoms in total. The van der Waals surface area contributed by atoms with Gasteiger partial charge < -0.3 is 15.5 Å². The molecule has 4 aromatic rings. The predicted molar refractivity (Wildman–Crippen MR) is 129 cm³/mol. The fourth-order valence-electron chi connectivity index (χ4n) is 2.79. The molecule has 0 saturated carbocycles. The van der Waals surface area contributed by atoms with Crippen molar-refractivity contribution in [3.8, 4) is 11.1 Å². The molecule has 0 radical (unpaired) electrons. The highest BCUT2D eigenvalue weighted by molar-refractivity contribution is 7.18. The second-order valence-electron chi connectivity index (χ2n) is 7.31. The van der Waals surface area contributed by atoms with Gasteiger partial charge in [-0.05, 0) is 23.3 Å². The van der Waals surface area contributed by atoms with Crippen molar-refractivity contribution in [2.45, 2.75) is 18.9 Å². The molecule has 0 bridgehead atoms. The van der Waals surface area contributed by atoms with Crippen molar-refractivity contribution >= 4 is 39.2 Å². The minimum atomic E-state index is -5.08. The van der Waals surface area contributed by atoms with Gasteiger partial charge in [-0.15, -0.1) is 11.3 Å². The first-order chi connectivity index (χ1) is 18.1. The van der Waals surface area contributed by atoms with Crippen LogP contribution in [0.4, 0.5) is 32.2 Å². The van der Waals surface area contributed by atoms with Gasteiger partial charge in [0.25, 0.3) is 5.56 Å². The van der Waals surface area contributed by atoms with Crippen LogP contribution in [0.15, 0.2) is 65.0 Å². The zero-order valence-electron chi connectivity index (χ0n) is 19.6. The number of nitrogens with one attached hydrogen (secondary N) is 1. The lowest BCUT2D eigenvalue weighted by atomic mass is 10.1. The zero-order valence-corrected chi connectivity index (χ0v) is 20.4. The van der Waals surface area contributed by atoms with Crippen LogP contribution >= 0.6 is 11.3 Å². The second kappa shape index (κ2) is 12.9. The van der Waals surface area contributed by atoms with Crippen molar-refractivity contribution in [2.75, 3.05) is 5.32 Å². The molecule has 0 aliphatic heterocycles. The third kappa shape index (κ3) is 8.80. The number of fused-ring (bicyclic) bond motifs is 1. The number of aryl methyl sites for hydroxylation is 1. The van der Waals surface area contributed by atoms with E-state index in [1.165, 1.54) is 16.0 Å². The van der Waals surface area contributed by atoms with Crippen molar-refractivity contribution < 1.29 is 46.1 Å². The van der Waals surface area contributed by atoms with Gasteiger partial charge in [-0.1, -0.05) is 30.3 Å². The fraction of sp³-hybridized carbons (Fsp3) is 0.174. The highest BCUT2D eigenvalue weighted by Gasteiger charge is 2.38.